The lowest BCUT2D eigenvalue weighted by atomic mass is 9.96. The number of phosphoric acid groups is 2. The number of aliphatic hydroxyl groups excluding tert-OH is 13. The summed E-state index contributed by atoms with van der Waals surface area (Å²) >= 11 is 0. The normalized spacial score (nSPS) is 38.1. The van der Waals surface area contributed by atoms with E-state index in [1.807, 2.05) is 4.98 Å². The van der Waals surface area contributed by atoms with E-state index in [1.54, 1.807) is 0 Å². The Labute approximate surface area is 513 Å². The molecule has 0 aliphatic carbocycles. The van der Waals surface area contributed by atoms with Gasteiger partial charge < -0.3 is 129 Å². The van der Waals surface area contributed by atoms with Crippen LogP contribution in [0.1, 0.15) is 58.1 Å². The van der Waals surface area contributed by atoms with Gasteiger partial charge in [-0.3, -0.25) is 37.8 Å². The molecule has 2 amide bonds. The first-order chi connectivity index (χ1) is 42.0. The molecule has 0 saturated carbocycles. The fourth-order valence-corrected chi connectivity index (χ4v) is 14.0. The number of nitrogens with zero attached hydrogens (tertiary/aromatic N) is 1. The highest BCUT2D eigenvalue weighted by Gasteiger charge is 2.54. The molecular weight excluding hydrogens is 1290 g/mol. The number of H-pyrrole nitrogens is 1. The van der Waals surface area contributed by atoms with Crippen molar-refractivity contribution in [3.8, 4) is 0 Å². The molecule has 42 heteroatoms. The topological polar surface area (TPSA) is 578 Å². The van der Waals surface area contributed by atoms with E-state index in [0.29, 0.717) is 30.3 Å². The predicted octanol–water partition coefficient (Wildman–Crippen LogP) is -7.77. The SMILES string of the molecule is COC(=O)CCCCCCCCO[C@@H]1O[C@H](CO[C@H]2O[C@H](CSSCC(=O)N[C@H]3[C@@H](OP(=O)(O)OP(=O)(O)OC[C@H]4O[C@@H](n5ccc(=O)[nH]c5=O)[C@H](O)[C@@H]4O)O[C@H](CO)[C@@H](O)[C@@H]3O)[C@@H](O)[C@H](O)[C@@H]2O[C@@H]2O[C@H](CO)[C@@H](O)[C@H](O)[C@H]2NC(C)=O)[C@@H](O)[C@H](O)[C@@H]1O. The molecule has 0 aromatic carbocycles. The molecule has 6 rings (SSSR count). The van der Waals surface area contributed by atoms with E-state index in [9.17, 15) is 109 Å². The van der Waals surface area contributed by atoms with Gasteiger partial charge in [-0.05, 0) is 12.8 Å². The van der Waals surface area contributed by atoms with Gasteiger partial charge in [0.15, 0.2) is 31.4 Å². The summed E-state index contributed by atoms with van der Waals surface area (Å²) < 4.78 is 91.2. The summed E-state index contributed by atoms with van der Waals surface area (Å²) in [5.41, 5.74) is -1.88. The molecule has 18 N–H and O–H groups in total. The molecule has 6 heterocycles. The van der Waals surface area contributed by atoms with Gasteiger partial charge in [-0.25, -0.2) is 13.9 Å². The van der Waals surface area contributed by atoms with E-state index in [1.165, 1.54) is 7.11 Å². The van der Waals surface area contributed by atoms with Crippen molar-refractivity contribution in [2.75, 3.05) is 51.6 Å². The minimum absolute atomic E-state index is 0.0470. The van der Waals surface area contributed by atoms with Gasteiger partial charge in [-0.2, -0.15) is 4.31 Å². The Morgan fingerprint density at radius 2 is 1.18 bits per heavy atom. The first kappa shape index (κ1) is 75.2. The molecule has 5 aliphatic rings. The van der Waals surface area contributed by atoms with Gasteiger partial charge in [0.25, 0.3) is 5.56 Å². The molecule has 5 fully saturated rings. The van der Waals surface area contributed by atoms with E-state index in [-0.39, 0.29) is 18.3 Å². The van der Waals surface area contributed by atoms with Gasteiger partial charge in [-0.1, -0.05) is 47.3 Å². The van der Waals surface area contributed by atoms with Gasteiger partial charge in [0.05, 0.1) is 45.4 Å². The Hall–Kier alpha value is -2.79. The number of aromatic nitrogens is 2. The van der Waals surface area contributed by atoms with Crippen LogP contribution >= 0.6 is 37.2 Å². The number of methoxy groups -OCH3 is 1. The molecule has 1 aromatic rings. The molecular formula is C47H78N4O34P2S2. The standard InChI is InChI=1S/C47H78N4O34P2S2/c1-19(54)48-28-35(63)30(58)20(13-52)79-43(28)83-41-38(66)34(62)24(82-46(41)76-15-22-32(60)37(65)40(68)45(81-22)75-12-8-6-4-3-5-7-9-27(57)74-2)17-88-89-18-26(56)49-29-36(64)31(59)21(14-53)80-44(29)84-87(72,73)85-86(70,71)77-16-23-33(61)39(67)42(78-23)51-11-10-25(55)50-47(51)69/h10-11,20-24,28-46,52-53,58-68H,3-9,12-18H2,1-2H3,(H,48,54)(H,49,56)(H,70,71)(H,72,73)(H,50,55,69)/t20-,21-,22-,23-,24-,28-,29-,30-,31-,32-,33-,34-,35-,36-,37+,38+,39-,40+,41+,42-,43+,44-,45-,46+/m1/s1. The van der Waals surface area contributed by atoms with Crippen LogP contribution in [-0.4, -0.2) is 296 Å². The molecule has 0 spiro atoms. The van der Waals surface area contributed by atoms with Gasteiger partial charge in [-0.15, -0.1) is 0 Å². The lowest BCUT2D eigenvalue weighted by Gasteiger charge is -2.47. The molecule has 0 bridgehead atoms. The molecule has 5 saturated heterocycles. The highest BCUT2D eigenvalue weighted by atomic mass is 33.1. The average Bonchev–Trinajstić information content (AvgIpc) is 1.60. The third kappa shape index (κ3) is 20.6. The quantitative estimate of drug-likeness (QED) is 0.0138. The minimum atomic E-state index is -5.95. The van der Waals surface area contributed by atoms with Crippen LogP contribution in [0.25, 0.3) is 0 Å². The summed E-state index contributed by atoms with van der Waals surface area (Å²) in [5, 5.41) is 144. The van der Waals surface area contributed by atoms with Crippen LogP contribution in [0.2, 0.25) is 0 Å². The highest BCUT2D eigenvalue weighted by molar-refractivity contribution is 8.76. The molecule has 512 valence electrons. The van der Waals surface area contributed by atoms with E-state index in [4.69, 9.17) is 42.4 Å². The van der Waals surface area contributed by atoms with Crippen LogP contribution < -0.4 is 21.9 Å². The van der Waals surface area contributed by atoms with Crippen LogP contribution in [0.5, 0.6) is 0 Å². The lowest BCUT2D eigenvalue weighted by Crippen LogP contribution is -2.67. The second kappa shape index (κ2) is 34.6. The number of aliphatic hydroxyl groups is 13. The number of hydrogen-bond acceptors (Lipinski definition) is 34. The zero-order valence-electron chi connectivity index (χ0n) is 47.5. The highest BCUT2D eigenvalue weighted by Crippen LogP contribution is 2.61. The maximum atomic E-state index is 13.4. The van der Waals surface area contributed by atoms with E-state index in [2.05, 4.69) is 24.2 Å². The molecule has 5 aliphatic heterocycles. The number of ether oxygens (including phenoxy) is 9. The molecule has 38 nitrogen and oxygen atoms in total. The third-order valence-corrected chi connectivity index (χ3v) is 19.5. The Kier molecular flexibility index (Phi) is 29.2. The second-order valence-corrected chi connectivity index (χ2v) is 26.6. The summed E-state index contributed by atoms with van der Waals surface area (Å²) in [6.07, 6.45) is -34.5. The van der Waals surface area contributed by atoms with Crippen molar-refractivity contribution in [2.24, 2.45) is 0 Å². The smallest absolute Gasteiger partial charge is 0.469 e. The van der Waals surface area contributed by atoms with E-state index < -0.39 is 218 Å². The summed E-state index contributed by atoms with van der Waals surface area (Å²) in [6.45, 7) is -2.73. The van der Waals surface area contributed by atoms with Crippen molar-refractivity contribution in [2.45, 2.75) is 199 Å². The summed E-state index contributed by atoms with van der Waals surface area (Å²) in [5.74, 6) is -3.03. The number of aromatic amines is 1. The van der Waals surface area contributed by atoms with Gasteiger partial charge in [0.1, 0.15) is 110 Å². The number of phosphoric ester groups is 2. The first-order valence-corrected chi connectivity index (χ1v) is 33.2. The Balaban J connectivity index is 1.07. The Morgan fingerprint density at radius 1 is 0.618 bits per heavy atom. The number of esters is 1. The van der Waals surface area contributed by atoms with Crippen LogP contribution in [-0.2, 0) is 79.5 Å². The molecule has 89 heavy (non-hydrogen) atoms. The monoisotopic (exact) mass is 1370 g/mol. The maximum absolute atomic E-state index is 13.4. The molecule has 1 aromatic heterocycles. The van der Waals surface area contributed by atoms with Gasteiger partial charge in [0, 0.05) is 38.0 Å². The van der Waals surface area contributed by atoms with Crippen molar-refractivity contribution in [3.63, 3.8) is 0 Å². The van der Waals surface area contributed by atoms with Crippen LogP contribution in [0.15, 0.2) is 21.9 Å². The van der Waals surface area contributed by atoms with Crippen molar-refractivity contribution >= 4 is 55.0 Å². The average molecular weight is 1370 g/mol. The second-order valence-electron chi connectivity index (χ2n) is 21.1. The molecule has 26 atom stereocenters. The van der Waals surface area contributed by atoms with Crippen LogP contribution in [0, 0.1) is 0 Å². The number of rotatable bonds is 32. The summed E-state index contributed by atoms with van der Waals surface area (Å²) in [6, 6.07) is -2.73. The first-order valence-electron chi connectivity index (χ1n) is 27.8. The van der Waals surface area contributed by atoms with Crippen molar-refractivity contribution in [3.05, 3.63) is 33.1 Å². The Bertz CT molecular complexity index is 2640. The minimum Gasteiger partial charge on any atom is -0.469 e. The number of carbonyl (C=O) groups is 3. The predicted molar refractivity (Wildman–Crippen MR) is 293 cm³/mol. The van der Waals surface area contributed by atoms with Crippen molar-refractivity contribution in [1.82, 2.24) is 20.2 Å². The number of nitrogens with one attached hydrogen (secondary N) is 3. The lowest BCUT2D eigenvalue weighted by molar-refractivity contribution is -0.360. The largest absolute Gasteiger partial charge is 0.483 e. The van der Waals surface area contributed by atoms with Crippen LogP contribution in [0.4, 0.5) is 0 Å². The molecule has 2 unspecified atom stereocenters. The van der Waals surface area contributed by atoms with Gasteiger partial charge >= 0.3 is 27.3 Å². The van der Waals surface area contributed by atoms with E-state index in [0.717, 1.165) is 60.0 Å². The number of amides is 2. The van der Waals surface area contributed by atoms with Crippen molar-refractivity contribution < 1.29 is 156 Å². The summed E-state index contributed by atoms with van der Waals surface area (Å²) in [4.78, 5) is 83.6. The van der Waals surface area contributed by atoms with E-state index >= 15 is 0 Å². The summed E-state index contributed by atoms with van der Waals surface area (Å²) in [7, 11) is -8.90. The maximum Gasteiger partial charge on any atom is 0.483 e. The van der Waals surface area contributed by atoms with Crippen LogP contribution in [0.3, 0.4) is 0 Å². The fourth-order valence-electron chi connectivity index (χ4n) is 9.79. The third-order valence-electron chi connectivity index (χ3n) is 14.6. The molecule has 0 radical (unpaired) electrons. The number of hydrogen-bond donors (Lipinski definition) is 18. The fraction of sp³-hybridized carbons (Fsp3) is 0.851. The van der Waals surface area contributed by atoms with Gasteiger partial charge in [0.2, 0.25) is 11.8 Å². The van der Waals surface area contributed by atoms with Crippen molar-refractivity contribution in [1.29, 1.82) is 0 Å². The number of carbonyl (C=O) groups excluding carboxylic acids is 3. The zero-order valence-corrected chi connectivity index (χ0v) is 51.0. The zero-order chi connectivity index (χ0) is 65.7. The Morgan fingerprint density at radius 3 is 1.81 bits per heavy atom. The number of unbranched alkanes of at least 4 members (excludes halogenated alkanes) is 5.